The van der Waals surface area contributed by atoms with Crippen LogP contribution in [-0.4, -0.2) is 93.5 Å². The first kappa shape index (κ1) is 32.8. The number of aliphatic hydroxyl groups excluding tert-OH is 2. The molecule has 9 nitrogen and oxygen atoms in total. The number of halogens is 3. The quantitative estimate of drug-likeness (QED) is 0.349. The van der Waals surface area contributed by atoms with Gasteiger partial charge in [-0.1, -0.05) is 31.9 Å². The molecule has 2 heterocycles. The number of aliphatic carboxylic acids is 1. The van der Waals surface area contributed by atoms with Gasteiger partial charge in [0.05, 0.1) is 6.61 Å². The minimum absolute atomic E-state index is 0.341. The Morgan fingerprint density at radius 1 is 1.07 bits per heavy atom. The van der Waals surface area contributed by atoms with Gasteiger partial charge < -0.3 is 26.0 Å². The Labute approximate surface area is 238 Å². The molecule has 5 N–H and O–H groups in total. The van der Waals surface area contributed by atoms with Gasteiger partial charge >= 0.3 is 12.1 Å². The lowest BCUT2D eigenvalue weighted by Gasteiger charge is -2.41. The van der Waals surface area contributed by atoms with Crippen molar-refractivity contribution in [2.24, 2.45) is 17.6 Å². The highest BCUT2D eigenvalue weighted by atomic mass is 19.4. The van der Waals surface area contributed by atoms with Crippen molar-refractivity contribution in [2.75, 3.05) is 26.2 Å². The zero-order valence-electron chi connectivity index (χ0n) is 23.4. The van der Waals surface area contributed by atoms with Gasteiger partial charge in [0.15, 0.2) is 6.10 Å². The van der Waals surface area contributed by atoms with E-state index >= 15 is 0 Å². The third kappa shape index (κ3) is 9.14. The molecule has 2 aliphatic heterocycles. The van der Waals surface area contributed by atoms with E-state index in [1.54, 1.807) is 6.07 Å². The Balaban J connectivity index is 0.000000587. The number of amides is 2. The number of carboxylic acids is 1. The highest BCUT2D eigenvalue weighted by Crippen LogP contribution is 2.43. The summed E-state index contributed by atoms with van der Waals surface area (Å²) in [5, 5.41) is 26.5. The largest absolute Gasteiger partial charge is 0.490 e. The second-order valence-electron chi connectivity index (χ2n) is 11.7. The van der Waals surface area contributed by atoms with Crippen molar-refractivity contribution < 1.29 is 42.9 Å². The first-order valence-electron chi connectivity index (χ1n) is 14.3. The summed E-state index contributed by atoms with van der Waals surface area (Å²) in [4.78, 5) is 37.7. The molecule has 3 fully saturated rings. The standard InChI is InChI=1S/C27H41N3O4.C2HF3O2/c1-18-5-7-19(8-6-18)16-29(27(34)25(32)17-31)11-12-30-23-9-10-24(30)15-22(14-23)20-3-2-4-21(13-20)26(28)33;3-2(4,5)1(6)7/h2-4,13,18-19,22-25,31-32H,5-12,14-17H2,1H3,(H2,28,33);(H,6,7)/t18?,19?,22?,23?,24?,25-;/m0./s1. The van der Waals surface area contributed by atoms with E-state index in [-0.39, 0.29) is 11.8 Å². The fourth-order valence-electron chi connectivity index (χ4n) is 6.50. The number of piperidine rings is 1. The van der Waals surface area contributed by atoms with Crippen molar-refractivity contribution in [2.45, 2.75) is 88.6 Å². The van der Waals surface area contributed by atoms with Crippen LogP contribution >= 0.6 is 0 Å². The Morgan fingerprint density at radius 3 is 2.17 bits per heavy atom. The second kappa shape index (κ2) is 14.5. The average Bonchev–Trinajstić information content (AvgIpc) is 3.17. The van der Waals surface area contributed by atoms with E-state index in [9.17, 15) is 33.0 Å². The van der Waals surface area contributed by atoms with Crippen molar-refractivity contribution in [3.05, 3.63) is 35.4 Å². The van der Waals surface area contributed by atoms with Crippen LogP contribution < -0.4 is 5.73 Å². The molecular formula is C29H42F3N3O6. The number of carboxylic acid groups (broad SMARTS) is 1. The van der Waals surface area contributed by atoms with Crippen molar-refractivity contribution in [1.82, 2.24) is 9.80 Å². The monoisotopic (exact) mass is 585 g/mol. The minimum Gasteiger partial charge on any atom is -0.475 e. The number of carbonyl (C=O) groups is 3. The molecule has 41 heavy (non-hydrogen) atoms. The van der Waals surface area contributed by atoms with Gasteiger partial charge in [0.25, 0.3) is 5.91 Å². The van der Waals surface area contributed by atoms with Crippen LogP contribution in [0.4, 0.5) is 13.2 Å². The molecule has 1 aromatic carbocycles. The van der Waals surface area contributed by atoms with Gasteiger partial charge in [-0.3, -0.25) is 14.5 Å². The molecule has 1 saturated carbocycles. The maximum absolute atomic E-state index is 12.8. The summed E-state index contributed by atoms with van der Waals surface area (Å²) < 4.78 is 31.7. The summed E-state index contributed by atoms with van der Waals surface area (Å²) in [5.41, 5.74) is 7.25. The molecule has 230 valence electrons. The normalized spacial score (nSPS) is 26.9. The van der Waals surface area contributed by atoms with Gasteiger partial charge in [-0.05, 0) is 74.0 Å². The zero-order valence-corrected chi connectivity index (χ0v) is 23.4. The molecule has 3 aliphatic rings. The molecule has 4 rings (SSSR count). The fraction of sp³-hybridized carbons (Fsp3) is 0.690. The molecule has 2 unspecified atom stereocenters. The summed E-state index contributed by atoms with van der Waals surface area (Å²) in [6.07, 6.45) is 2.64. The van der Waals surface area contributed by atoms with Gasteiger partial charge in [0.1, 0.15) is 0 Å². The zero-order chi connectivity index (χ0) is 30.3. The Hall–Kier alpha value is -2.70. The summed E-state index contributed by atoms with van der Waals surface area (Å²) in [5.74, 6) is -1.83. The van der Waals surface area contributed by atoms with Crippen molar-refractivity contribution in [3.8, 4) is 0 Å². The number of primary amides is 1. The van der Waals surface area contributed by atoms with Crippen molar-refractivity contribution in [1.29, 1.82) is 0 Å². The van der Waals surface area contributed by atoms with Gasteiger partial charge in [-0.25, -0.2) is 4.79 Å². The summed E-state index contributed by atoms with van der Waals surface area (Å²) in [7, 11) is 0. The van der Waals surface area contributed by atoms with Crippen molar-refractivity contribution >= 4 is 17.8 Å². The number of hydrogen-bond donors (Lipinski definition) is 4. The van der Waals surface area contributed by atoms with E-state index in [0.29, 0.717) is 42.6 Å². The predicted octanol–water partition coefficient (Wildman–Crippen LogP) is 3.14. The minimum atomic E-state index is -5.08. The third-order valence-corrected chi connectivity index (χ3v) is 8.78. The van der Waals surface area contributed by atoms with E-state index in [4.69, 9.17) is 15.6 Å². The number of carbonyl (C=O) groups excluding carboxylic acids is 2. The topological polar surface area (TPSA) is 144 Å². The number of rotatable bonds is 9. The lowest BCUT2D eigenvalue weighted by atomic mass is 9.82. The predicted molar refractivity (Wildman–Crippen MR) is 145 cm³/mol. The molecule has 3 atom stereocenters. The van der Waals surface area contributed by atoms with E-state index in [2.05, 4.69) is 17.9 Å². The Morgan fingerprint density at radius 2 is 1.66 bits per heavy atom. The number of hydrogen-bond acceptors (Lipinski definition) is 6. The van der Waals surface area contributed by atoms with Gasteiger partial charge in [-0.15, -0.1) is 0 Å². The number of aliphatic hydroxyl groups is 2. The van der Waals surface area contributed by atoms with Crippen LogP contribution in [0, 0.1) is 11.8 Å². The number of nitrogens with two attached hydrogens (primary N) is 1. The molecule has 0 radical (unpaired) electrons. The van der Waals surface area contributed by atoms with Crippen LogP contribution in [0.25, 0.3) is 0 Å². The van der Waals surface area contributed by atoms with Gasteiger partial charge in [0.2, 0.25) is 5.91 Å². The van der Waals surface area contributed by atoms with Crippen LogP contribution in [0.1, 0.15) is 80.1 Å². The highest BCUT2D eigenvalue weighted by Gasteiger charge is 2.41. The van der Waals surface area contributed by atoms with E-state index in [0.717, 1.165) is 51.0 Å². The van der Waals surface area contributed by atoms with E-state index in [1.807, 2.05) is 17.0 Å². The molecule has 2 bridgehead atoms. The SMILES string of the molecule is CC1CCC(CN(CCN2C3CCC2CC(c2cccc(C(N)=O)c2)C3)C(=O)[C@@H](O)CO)CC1.O=C(O)C(F)(F)F. The smallest absolute Gasteiger partial charge is 0.475 e. The van der Waals surface area contributed by atoms with Gasteiger partial charge in [0, 0.05) is 37.3 Å². The molecular weight excluding hydrogens is 543 g/mol. The number of benzene rings is 1. The maximum atomic E-state index is 12.8. The molecule has 0 spiro atoms. The number of fused-ring (bicyclic) bond motifs is 2. The first-order chi connectivity index (χ1) is 19.3. The molecule has 12 heteroatoms. The Kier molecular flexibility index (Phi) is 11.6. The van der Waals surface area contributed by atoms with E-state index in [1.165, 1.54) is 18.4 Å². The molecule has 0 aromatic heterocycles. The van der Waals surface area contributed by atoms with Crippen LogP contribution in [-0.2, 0) is 9.59 Å². The maximum Gasteiger partial charge on any atom is 0.490 e. The molecule has 2 saturated heterocycles. The van der Waals surface area contributed by atoms with E-state index < -0.39 is 24.9 Å². The van der Waals surface area contributed by atoms with Crippen LogP contribution in [0.5, 0.6) is 0 Å². The second-order valence-corrected chi connectivity index (χ2v) is 11.7. The molecule has 1 aliphatic carbocycles. The fourth-order valence-corrected chi connectivity index (χ4v) is 6.50. The lowest BCUT2D eigenvalue weighted by molar-refractivity contribution is -0.192. The summed E-state index contributed by atoms with van der Waals surface area (Å²) in [6, 6.07) is 8.69. The third-order valence-electron chi connectivity index (χ3n) is 8.78. The first-order valence-corrected chi connectivity index (χ1v) is 14.3. The highest BCUT2D eigenvalue weighted by molar-refractivity contribution is 5.92. The lowest BCUT2D eigenvalue weighted by Crippen LogP contribution is -2.50. The summed E-state index contributed by atoms with van der Waals surface area (Å²) >= 11 is 0. The summed E-state index contributed by atoms with van der Waals surface area (Å²) in [6.45, 7) is 3.83. The number of nitrogens with zero attached hydrogens (tertiary/aromatic N) is 2. The van der Waals surface area contributed by atoms with Crippen LogP contribution in [0.15, 0.2) is 24.3 Å². The molecule has 2 amide bonds. The molecule has 1 aromatic rings. The van der Waals surface area contributed by atoms with Crippen molar-refractivity contribution in [3.63, 3.8) is 0 Å². The van der Waals surface area contributed by atoms with Gasteiger partial charge in [-0.2, -0.15) is 13.2 Å². The Bertz CT molecular complexity index is 1030. The average molecular weight is 586 g/mol. The van der Waals surface area contributed by atoms with Crippen LogP contribution in [0.2, 0.25) is 0 Å². The number of alkyl halides is 3. The van der Waals surface area contributed by atoms with Crippen LogP contribution in [0.3, 0.4) is 0 Å².